The molecule has 2 aromatic carbocycles. The van der Waals surface area contributed by atoms with Crippen LogP contribution in [0.3, 0.4) is 0 Å². The summed E-state index contributed by atoms with van der Waals surface area (Å²) >= 11 is 11.9. The molecule has 0 aliphatic rings. The molecule has 0 aliphatic heterocycles. The second-order valence-electron chi connectivity index (χ2n) is 3.47. The highest BCUT2D eigenvalue weighted by Gasteiger charge is 2.03. The summed E-state index contributed by atoms with van der Waals surface area (Å²) in [6.07, 6.45) is 0. The van der Waals surface area contributed by atoms with Crippen LogP contribution in [0.1, 0.15) is 0 Å². The van der Waals surface area contributed by atoms with Gasteiger partial charge in [0.15, 0.2) is 0 Å². The average Bonchev–Trinajstić information content (AvgIpc) is 2.26. The van der Waals surface area contributed by atoms with Crippen LogP contribution < -0.4 is 11.5 Å². The van der Waals surface area contributed by atoms with Gasteiger partial charge in [-0.25, -0.2) is 0 Å². The molecular formula is C12H11Cl3N2. The molecule has 2 aromatic rings. The van der Waals surface area contributed by atoms with Crippen molar-refractivity contribution in [3.63, 3.8) is 0 Å². The summed E-state index contributed by atoms with van der Waals surface area (Å²) in [6.45, 7) is 0. The van der Waals surface area contributed by atoms with Gasteiger partial charge in [-0.15, -0.1) is 12.4 Å². The molecule has 0 unspecified atom stereocenters. The zero-order chi connectivity index (χ0) is 11.7. The first-order valence-corrected chi connectivity index (χ1v) is 5.44. The normalized spacial score (nSPS) is 9.76. The van der Waals surface area contributed by atoms with Crippen LogP contribution in [0.15, 0.2) is 36.4 Å². The van der Waals surface area contributed by atoms with Crippen molar-refractivity contribution in [2.75, 3.05) is 11.5 Å². The van der Waals surface area contributed by atoms with Crippen LogP contribution in [0.4, 0.5) is 11.4 Å². The largest absolute Gasteiger partial charge is 0.398 e. The van der Waals surface area contributed by atoms with Gasteiger partial charge in [0.1, 0.15) is 0 Å². The maximum Gasteiger partial charge on any atom is 0.0641 e. The lowest BCUT2D eigenvalue weighted by Gasteiger charge is -2.06. The van der Waals surface area contributed by atoms with E-state index in [9.17, 15) is 0 Å². The van der Waals surface area contributed by atoms with Gasteiger partial charge >= 0.3 is 0 Å². The molecule has 2 rings (SSSR count). The molecule has 17 heavy (non-hydrogen) atoms. The van der Waals surface area contributed by atoms with Gasteiger partial charge in [-0.3, -0.25) is 0 Å². The highest BCUT2D eigenvalue weighted by Crippen LogP contribution is 2.30. The Morgan fingerprint density at radius 3 is 1.35 bits per heavy atom. The molecule has 0 saturated carbocycles. The Morgan fingerprint density at radius 1 is 0.706 bits per heavy atom. The maximum absolute atomic E-state index is 5.95. The molecular weight excluding hydrogens is 279 g/mol. The molecule has 5 heteroatoms. The Hall–Kier alpha value is -1.09. The van der Waals surface area contributed by atoms with E-state index in [2.05, 4.69) is 0 Å². The Kier molecular flexibility index (Phi) is 4.52. The average molecular weight is 290 g/mol. The molecule has 2 nitrogen and oxygen atoms in total. The molecule has 0 spiro atoms. The van der Waals surface area contributed by atoms with Crippen molar-refractivity contribution < 1.29 is 0 Å². The van der Waals surface area contributed by atoms with Gasteiger partial charge in [-0.05, 0) is 35.4 Å². The number of anilines is 2. The first-order valence-electron chi connectivity index (χ1n) is 4.68. The van der Waals surface area contributed by atoms with Crippen LogP contribution >= 0.6 is 35.6 Å². The molecule has 0 aromatic heterocycles. The zero-order valence-electron chi connectivity index (χ0n) is 8.78. The summed E-state index contributed by atoms with van der Waals surface area (Å²) in [5.41, 5.74) is 14.3. The number of halogens is 3. The van der Waals surface area contributed by atoms with Crippen molar-refractivity contribution in [3.05, 3.63) is 46.4 Å². The quantitative estimate of drug-likeness (QED) is 0.771. The predicted octanol–water partition coefficient (Wildman–Crippen LogP) is 4.25. The Labute approximate surface area is 116 Å². The van der Waals surface area contributed by atoms with Gasteiger partial charge in [0.2, 0.25) is 0 Å². The fraction of sp³-hybridized carbons (Fsp3) is 0. The third kappa shape index (κ3) is 2.97. The molecule has 0 saturated heterocycles. The second-order valence-corrected chi connectivity index (χ2v) is 4.29. The molecule has 0 radical (unpaired) electrons. The number of nitrogen functional groups attached to an aromatic ring is 2. The van der Waals surface area contributed by atoms with Crippen molar-refractivity contribution in [1.29, 1.82) is 0 Å². The van der Waals surface area contributed by atoms with E-state index in [-0.39, 0.29) is 12.4 Å². The Morgan fingerprint density at radius 2 is 1.06 bits per heavy atom. The second kappa shape index (κ2) is 5.50. The van der Waals surface area contributed by atoms with Crippen molar-refractivity contribution in [2.24, 2.45) is 0 Å². The van der Waals surface area contributed by atoms with Crippen LogP contribution in [0.25, 0.3) is 11.1 Å². The van der Waals surface area contributed by atoms with Crippen molar-refractivity contribution in [3.8, 4) is 11.1 Å². The summed E-state index contributed by atoms with van der Waals surface area (Å²) in [4.78, 5) is 0. The lowest BCUT2D eigenvalue weighted by atomic mass is 10.1. The van der Waals surface area contributed by atoms with Crippen LogP contribution in [0.5, 0.6) is 0 Å². The maximum atomic E-state index is 5.95. The monoisotopic (exact) mass is 288 g/mol. The summed E-state index contributed by atoms with van der Waals surface area (Å²) in [7, 11) is 0. The van der Waals surface area contributed by atoms with Gasteiger partial charge in [-0.2, -0.15) is 0 Å². The molecule has 4 N–H and O–H groups in total. The molecule has 0 amide bonds. The SMILES string of the molecule is Cl.Nc1ccc(-c2ccc(N)c(Cl)c2)cc1Cl. The number of benzene rings is 2. The van der Waals surface area contributed by atoms with Crippen molar-refractivity contribution >= 4 is 47.0 Å². The number of hydrogen-bond donors (Lipinski definition) is 2. The Bertz CT molecular complexity index is 492. The van der Waals surface area contributed by atoms with Gasteiger partial charge < -0.3 is 11.5 Å². The lowest BCUT2D eigenvalue weighted by Crippen LogP contribution is -1.88. The first-order chi connectivity index (χ1) is 7.58. The van der Waals surface area contributed by atoms with E-state index in [0.717, 1.165) is 11.1 Å². The summed E-state index contributed by atoms with van der Waals surface area (Å²) < 4.78 is 0. The zero-order valence-corrected chi connectivity index (χ0v) is 11.1. The van der Waals surface area contributed by atoms with E-state index in [1.54, 1.807) is 24.3 Å². The molecule has 0 fully saturated rings. The molecule has 90 valence electrons. The predicted molar refractivity (Wildman–Crippen MR) is 78.0 cm³/mol. The van der Waals surface area contributed by atoms with Gasteiger partial charge in [0, 0.05) is 0 Å². The third-order valence-corrected chi connectivity index (χ3v) is 2.99. The van der Waals surface area contributed by atoms with E-state index in [0.29, 0.717) is 21.4 Å². The fourth-order valence-electron chi connectivity index (χ4n) is 1.41. The molecule has 0 atom stereocenters. The van der Waals surface area contributed by atoms with Crippen LogP contribution in [-0.2, 0) is 0 Å². The number of rotatable bonds is 1. The summed E-state index contributed by atoms with van der Waals surface area (Å²) in [5, 5.41) is 1.07. The van der Waals surface area contributed by atoms with Gasteiger partial charge in [-0.1, -0.05) is 35.3 Å². The standard InChI is InChI=1S/C12H10Cl2N2.ClH/c13-9-5-7(1-3-11(9)15)8-2-4-12(16)10(14)6-8;/h1-6H,15-16H2;1H. The fourth-order valence-corrected chi connectivity index (χ4v) is 1.77. The van der Waals surface area contributed by atoms with E-state index in [4.69, 9.17) is 34.7 Å². The molecule has 0 heterocycles. The first kappa shape index (κ1) is 14.0. The van der Waals surface area contributed by atoms with Crippen LogP contribution in [0.2, 0.25) is 10.0 Å². The number of hydrogen-bond acceptors (Lipinski definition) is 2. The smallest absolute Gasteiger partial charge is 0.0641 e. The highest BCUT2D eigenvalue weighted by molar-refractivity contribution is 6.34. The highest BCUT2D eigenvalue weighted by atomic mass is 35.5. The third-order valence-electron chi connectivity index (χ3n) is 2.33. The van der Waals surface area contributed by atoms with Gasteiger partial charge in [0.25, 0.3) is 0 Å². The summed E-state index contributed by atoms with van der Waals surface area (Å²) in [6, 6.07) is 10.9. The molecule has 0 bridgehead atoms. The van der Waals surface area contributed by atoms with E-state index in [1.807, 2.05) is 12.1 Å². The van der Waals surface area contributed by atoms with E-state index in [1.165, 1.54) is 0 Å². The topological polar surface area (TPSA) is 52.0 Å². The van der Waals surface area contributed by atoms with Crippen molar-refractivity contribution in [2.45, 2.75) is 0 Å². The lowest BCUT2D eigenvalue weighted by molar-refractivity contribution is 1.61. The number of nitrogens with two attached hydrogens (primary N) is 2. The van der Waals surface area contributed by atoms with E-state index >= 15 is 0 Å². The minimum absolute atomic E-state index is 0. The molecule has 0 aliphatic carbocycles. The van der Waals surface area contributed by atoms with Gasteiger partial charge in [0.05, 0.1) is 21.4 Å². The summed E-state index contributed by atoms with van der Waals surface area (Å²) in [5.74, 6) is 0. The van der Waals surface area contributed by atoms with E-state index < -0.39 is 0 Å². The van der Waals surface area contributed by atoms with Crippen LogP contribution in [-0.4, -0.2) is 0 Å². The minimum Gasteiger partial charge on any atom is -0.398 e. The van der Waals surface area contributed by atoms with Crippen LogP contribution in [0, 0.1) is 0 Å². The Balaban J connectivity index is 0.00000144. The minimum atomic E-state index is 0. The van der Waals surface area contributed by atoms with Crippen molar-refractivity contribution in [1.82, 2.24) is 0 Å².